The van der Waals surface area contributed by atoms with Crippen molar-refractivity contribution in [3.05, 3.63) is 57.0 Å². The van der Waals surface area contributed by atoms with Gasteiger partial charge in [0.05, 0.1) is 0 Å². The van der Waals surface area contributed by atoms with Gasteiger partial charge in [-0.1, -0.05) is 35.6 Å². The number of nitrogens with zero attached hydrogens (tertiary/aromatic N) is 7. The van der Waals surface area contributed by atoms with E-state index in [-0.39, 0.29) is 5.56 Å². The highest BCUT2D eigenvalue weighted by Gasteiger charge is 2.12. The van der Waals surface area contributed by atoms with Gasteiger partial charge in [-0.3, -0.25) is 4.79 Å². The quantitative estimate of drug-likeness (QED) is 0.561. The average molecular weight is 339 g/mol. The summed E-state index contributed by atoms with van der Waals surface area (Å²) in [6, 6.07) is 9.33. The third-order valence-corrected chi connectivity index (χ3v) is 4.42. The highest BCUT2D eigenvalue weighted by atomic mass is 32.1. The van der Waals surface area contributed by atoms with Gasteiger partial charge in [-0.2, -0.15) is 14.4 Å². The molecule has 0 N–H and O–H groups in total. The zero-order valence-electron chi connectivity index (χ0n) is 13.0. The van der Waals surface area contributed by atoms with E-state index in [4.69, 9.17) is 0 Å². The maximum Gasteiger partial charge on any atom is 0.275 e. The van der Waals surface area contributed by atoms with Crippen molar-refractivity contribution in [3.8, 4) is 11.4 Å². The molecule has 0 aliphatic rings. The Bertz CT molecular complexity index is 1090. The van der Waals surface area contributed by atoms with Gasteiger partial charge in [-0.25, -0.2) is 4.98 Å². The number of rotatable bonds is 3. The molecule has 3 heterocycles. The lowest BCUT2D eigenvalue weighted by Crippen LogP contribution is -2.14. The molecule has 0 fully saturated rings. The first-order valence-corrected chi connectivity index (χ1v) is 8.12. The molecule has 0 saturated carbocycles. The van der Waals surface area contributed by atoms with E-state index in [1.54, 1.807) is 6.92 Å². The summed E-state index contributed by atoms with van der Waals surface area (Å²) in [5, 5.41) is 17.6. The number of aromatic nitrogens is 7. The third kappa shape index (κ3) is 2.58. The molecule has 0 unspecified atom stereocenters. The highest BCUT2D eigenvalue weighted by molar-refractivity contribution is 7.16. The SMILES string of the molecule is Cc1cc(=O)n2nc(Cn3nnc(-c4ccccc4C)n3)sc2n1. The van der Waals surface area contributed by atoms with E-state index in [9.17, 15) is 4.79 Å². The molecule has 4 aromatic rings. The van der Waals surface area contributed by atoms with Crippen LogP contribution in [0.4, 0.5) is 0 Å². The van der Waals surface area contributed by atoms with Crippen LogP contribution < -0.4 is 5.56 Å². The minimum absolute atomic E-state index is 0.188. The number of fused-ring (bicyclic) bond motifs is 1. The van der Waals surface area contributed by atoms with E-state index >= 15 is 0 Å². The van der Waals surface area contributed by atoms with Crippen molar-refractivity contribution in [1.29, 1.82) is 0 Å². The number of hydrogen-bond acceptors (Lipinski definition) is 7. The molecule has 0 spiro atoms. The molecule has 24 heavy (non-hydrogen) atoms. The molecular formula is C15H13N7OS. The standard InChI is InChI=1S/C15H13N7OS/c1-9-5-3-4-6-11(9)14-17-20-21(19-14)8-12-18-22-13(23)7-10(2)16-15(22)24-12/h3-7H,8H2,1-2H3. The fourth-order valence-corrected chi connectivity index (χ4v) is 3.31. The fourth-order valence-electron chi connectivity index (χ4n) is 2.39. The monoisotopic (exact) mass is 339 g/mol. The molecule has 3 aromatic heterocycles. The largest absolute Gasteiger partial charge is 0.275 e. The average Bonchev–Trinajstić information content (AvgIpc) is 3.15. The van der Waals surface area contributed by atoms with E-state index in [1.165, 1.54) is 26.7 Å². The van der Waals surface area contributed by atoms with Crippen LogP contribution in [-0.2, 0) is 6.54 Å². The maximum atomic E-state index is 11.9. The van der Waals surface area contributed by atoms with Crippen molar-refractivity contribution >= 4 is 16.3 Å². The molecule has 9 heteroatoms. The van der Waals surface area contributed by atoms with Crippen LogP contribution in [0.5, 0.6) is 0 Å². The van der Waals surface area contributed by atoms with Gasteiger partial charge in [-0.15, -0.1) is 10.2 Å². The summed E-state index contributed by atoms with van der Waals surface area (Å²) in [5.74, 6) is 0.570. The van der Waals surface area contributed by atoms with Crippen molar-refractivity contribution in [2.24, 2.45) is 0 Å². The second-order valence-corrected chi connectivity index (χ2v) is 6.42. The first-order chi connectivity index (χ1) is 11.6. The van der Waals surface area contributed by atoms with Crippen LogP contribution in [0.1, 0.15) is 16.3 Å². The van der Waals surface area contributed by atoms with Crippen LogP contribution in [0.15, 0.2) is 35.1 Å². The molecule has 4 rings (SSSR count). The summed E-state index contributed by atoms with van der Waals surface area (Å²) in [4.78, 5) is 18.3. The number of aryl methyl sites for hydroxylation is 2. The van der Waals surface area contributed by atoms with E-state index < -0.39 is 0 Å². The lowest BCUT2D eigenvalue weighted by atomic mass is 10.1. The van der Waals surface area contributed by atoms with E-state index in [0.717, 1.165) is 11.1 Å². The van der Waals surface area contributed by atoms with Gasteiger partial charge >= 0.3 is 0 Å². The Balaban J connectivity index is 1.66. The minimum Gasteiger partial charge on any atom is -0.267 e. The summed E-state index contributed by atoms with van der Waals surface area (Å²) in [6.45, 7) is 4.13. The smallest absolute Gasteiger partial charge is 0.267 e. The van der Waals surface area contributed by atoms with E-state index in [1.807, 2.05) is 31.2 Å². The zero-order valence-corrected chi connectivity index (χ0v) is 13.9. The predicted octanol–water partition coefficient (Wildman–Crippen LogP) is 1.47. The molecular weight excluding hydrogens is 326 g/mol. The number of tetrazole rings is 1. The summed E-state index contributed by atoms with van der Waals surface area (Å²) in [6.07, 6.45) is 0. The summed E-state index contributed by atoms with van der Waals surface area (Å²) in [5.41, 5.74) is 2.52. The lowest BCUT2D eigenvalue weighted by molar-refractivity contribution is 0.566. The summed E-state index contributed by atoms with van der Waals surface area (Å²) in [7, 11) is 0. The highest BCUT2D eigenvalue weighted by Crippen LogP contribution is 2.18. The van der Waals surface area contributed by atoms with Crippen molar-refractivity contribution in [2.45, 2.75) is 20.4 Å². The van der Waals surface area contributed by atoms with Gasteiger partial charge in [0.1, 0.15) is 11.6 Å². The van der Waals surface area contributed by atoms with Gasteiger partial charge in [0.25, 0.3) is 5.56 Å². The van der Waals surface area contributed by atoms with Crippen LogP contribution in [0.2, 0.25) is 0 Å². The fraction of sp³-hybridized carbons (Fsp3) is 0.200. The lowest BCUT2D eigenvalue weighted by Gasteiger charge is -1.98. The van der Waals surface area contributed by atoms with Crippen molar-refractivity contribution in [3.63, 3.8) is 0 Å². The second-order valence-electron chi connectivity index (χ2n) is 5.38. The van der Waals surface area contributed by atoms with E-state index in [2.05, 4.69) is 25.5 Å². The van der Waals surface area contributed by atoms with Gasteiger partial charge < -0.3 is 0 Å². The Kier molecular flexibility index (Phi) is 3.42. The Morgan fingerprint density at radius 1 is 1.17 bits per heavy atom. The molecule has 0 amide bonds. The zero-order chi connectivity index (χ0) is 16.7. The molecule has 8 nitrogen and oxygen atoms in total. The molecule has 1 aromatic carbocycles. The molecule has 0 atom stereocenters. The first-order valence-electron chi connectivity index (χ1n) is 7.30. The molecule has 0 bridgehead atoms. The Morgan fingerprint density at radius 2 is 2.00 bits per heavy atom. The Hall–Kier alpha value is -2.94. The van der Waals surface area contributed by atoms with Crippen molar-refractivity contribution in [1.82, 2.24) is 34.8 Å². The van der Waals surface area contributed by atoms with Crippen molar-refractivity contribution < 1.29 is 0 Å². The van der Waals surface area contributed by atoms with Crippen LogP contribution in [0.3, 0.4) is 0 Å². The van der Waals surface area contributed by atoms with E-state index in [0.29, 0.717) is 28.0 Å². The van der Waals surface area contributed by atoms with Gasteiger partial charge in [0, 0.05) is 17.3 Å². The number of hydrogen-bond donors (Lipinski definition) is 0. The maximum absolute atomic E-state index is 11.9. The topological polar surface area (TPSA) is 90.9 Å². The van der Waals surface area contributed by atoms with Gasteiger partial charge in [0.15, 0.2) is 0 Å². The van der Waals surface area contributed by atoms with Gasteiger partial charge in [-0.05, 0) is 24.6 Å². The molecule has 0 radical (unpaired) electrons. The third-order valence-electron chi connectivity index (χ3n) is 3.53. The van der Waals surface area contributed by atoms with Crippen LogP contribution in [0, 0.1) is 13.8 Å². The minimum atomic E-state index is -0.188. The molecule has 0 saturated heterocycles. The van der Waals surface area contributed by atoms with Crippen LogP contribution >= 0.6 is 11.3 Å². The summed E-state index contributed by atoms with van der Waals surface area (Å²) >= 11 is 1.34. The normalized spacial score (nSPS) is 11.2. The second kappa shape index (κ2) is 5.60. The Morgan fingerprint density at radius 3 is 2.83 bits per heavy atom. The summed E-state index contributed by atoms with van der Waals surface area (Å²) < 4.78 is 1.30. The molecule has 120 valence electrons. The van der Waals surface area contributed by atoms with Crippen LogP contribution in [0.25, 0.3) is 16.3 Å². The Labute approximate surface area is 140 Å². The number of benzene rings is 1. The van der Waals surface area contributed by atoms with Crippen molar-refractivity contribution in [2.75, 3.05) is 0 Å². The van der Waals surface area contributed by atoms with Crippen LogP contribution in [-0.4, -0.2) is 34.8 Å². The van der Waals surface area contributed by atoms with Gasteiger partial charge in [0.2, 0.25) is 10.8 Å². The first kappa shape index (κ1) is 14.6. The molecule has 0 aliphatic carbocycles. The predicted molar refractivity (Wildman–Crippen MR) is 89.0 cm³/mol. The molecule has 0 aliphatic heterocycles.